The molecule has 2 aromatic rings. The first kappa shape index (κ1) is 24.5. The molecule has 0 aromatic heterocycles. The first-order valence-corrected chi connectivity index (χ1v) is 9.46. The van der Waals surface area contributed by atoms with Crippen LogP contribution in [-0.2, 0) is 24.3 Å². The number of hydrogen-bond acceptors (Lipinski definition) is 1. The van der Waals surface area contributed by atoms with E-state index in [4.69, 9.17) is 0 Å². The van der Waals surface area contributed by atoms with Crippen molar-refractivity contribution in [3.8, 4) is 0 Å². The minimum atomic E-state index is -4.83. The van der Waals surface area contributed by atoms with Crippen LogP contribution in [0.1, 0.15) is 35.1 Å². The first-order valence-electron chi connectivity index (χ1n) is 9.46. The van der Waals surface area contributed by atoms with Crippen LogP contribution in [0.2, 0.25) is 0 Å². The van der Waals surface area contributed by atoms with Gasteiger partial charge in [0.2, 0.25) is 0 Å². The maximum Gasteiger partial charge on any atom is 0.416 e. The number of nitrogens with two attached hydrogens (primary N) is 1. The second-order valence-electron chi connectivity index (χ2n) is 7.53. The Labute approximate surface area is 177 Å². The maximum atomic E-state index is 13.0. The molecule has 1 saturated heterocycles. The van der Waals surface area contributed by atoms with Crippen molar-refractivity contribution < 1.29 is 44.1 Å². The summed E-state index contributed by atoms with van der Waals surface area (Å²) in [6.07, 6.45) is -7.89. The zero-order valence-corrected chi connectivity index (χ0v) is 16.8. The van der Waals surface area contributed by atoms with Crippen LogP contribution >= 0.6 is 0 Å². The molecule has 1 fully saturated rings. The van der Waals surface area contributed by atoms with Gasteiger partial charge in [0.25, 0.3) is 0 Å². The maximum absolute atomic E-state index is 13.0. The van der Waals surface area contributed by atoms with Crippen LogP contribution in [0.3, 0.4) is 0 Å². The fraction of sp³-hybridized carbons (Fsp3) is 0.429. The number of alkyl halides is 6. The van der Waals surface area contributed by atoms with Gasteiger partial charge in [-0.2, -0.15) is 26.3 Å². The lowest BCUT2D eigenvalue weighted by Gasteiger charge is -2.37. The largest absolute Gasteiger partial charge is 1.00 e. The third kappa shape index (κ3) is 5.89. The smallest absolute Gasteiger partial charge is 0.416 e. The summed E-state index contributed by atoms with van der Waals surface area (Å²) in [6, 6.07) is 11.6. The molecule has 166 valence electrons. The highest BCUT2D eigenvalue weighted by Gasteiger charge is 2.37. The fourth-order valence-corrected chi connectivity index (χ4v) is 3.95. The van der Waals surface area contributed by atoms with E-state index in [0.29, 0.717) is 6.54 Å². The summed E-state index contributed by atoms with van der Waals surface area (Å²) in [7, 11) is 0. The third-order valence-electron chi connectivity index (χ3n) is 5.48. The Hall–Kier alpha value is -1.77. The molecule has 0 spiro atoms. The summed E-state index contributed by atoms with van der Waals surface area (Å²) < 4.78 is 78.2. The summed E-state index contributed by atoms with van der Waals surface area (Å²) in [6.45, 7) is 2.28. The molecule has 1 heterocycles. The molecule has 1 aliphatic heterocycles. The Kier molecular flexibility index (Phi) is 7.82. The Morgan fingerprint density at radius 3 is 1.87 bits per heavy atom. The summed E-state index contributed by atoms with van der Waals surface area (Å²) in [5, 5.41) is 5.33. The van der Waals surface area contributed by atoms with Gasteiger partial charge in [-0.05, 0) is 29.3 Å². The number of piperidine rings is 1. The van der Waals surface area contributed by atoms with Crippen LogP contribution in [-0.4, -0.2) is 19.6 Å². The van der Waals surface area contributed by atoms with E-state index in [9.17, 15) is 26.3 Å². The van der Waals surface area contributed by atoms with E-state index < -0.39 is 23.5 Å². The molecule has 3 rings (SSSR count). The van der Waals surface area contributed by atoms with Gasteiger partial charge in [0, 0.05) is 31.3 Å². The van der Waals surface area contributed by atoms with Crippen LogP contribution in [0, 0.1) is 0 Å². The van der Waals surface area contributed by atoms with E-state index in [-0.39, 0.29) is 36.0 Å². The van der Waals surface area contributed by atoms with Gasteiger partial charge >= 0.3 is 12.4 Å². The van der Waals surface area contributed by atoms with E-state index in [1.54, 1.807) is 0 Å². The van der Waals surface area contributed by atoms with Gasteiger partial charge in [0.15, 0.2) is 0 Å². The van der Waals surface area contributed by atoms with Crippen molar-refractivity contribution >= 4 is 0 Å². The zero-order chi connectivity index (χ0) is 21.1. The number of nitrogens with one attached hydrogen (secondary N) is 1. The third-order valence-corrected chi connectivity index (χ3v) is 5.48. The normalized spacial score (nSPS) is 16.7. The van der Waals surface area contributed by atoms with Crippen LogP contribution in [0.4, 0.5) is 26.3 Å². The van der Waals surface area contributed by atoms with Gasteiger partial charge in [-0.15, -0.1) is 0 Å². The van der Waals surface area contributed by atoms with E-state index in [1.807, 2.05) is 30.3 Å². The van der Waals surface area contributed by atoms with E-state index in [2.05, 4.69) is 10.6 Å². The topological polar surface area (TPSA) is 28.6 Å². The monoisotopic (exact) mass is 452 g/mol. The standard InChI is InChI=1S/C21H22F6N2.ClH/c22-20(23,24)17-10-15(11-18(12-17)21(25,26)27)13-29-14-19(6-8-28-9-7-19)16-4-2-1-3-5-16;/h1-5,10-12,28-29H,6-9,13-14H2;1H. The average molecular weight is 453 g/mol. The molecule has 0 atom stereocenters. The van der Waals surface area contributed by atoms with Crippen LogP contribution in [0.5, 0.6) is 0 Å². The average Bonchev–Trinajstić information content (AvgIpc) is 2.68. The molecule has 1 aliphatic rings. The molecule has 0 aliphatic carbocycles. The van der Waals surface area contributed by atoms with Crippen molar-refractivity contribution in [2.45, 2.75) is 37.2 Å². The number of hydrogen-bond donors (Lipinski definition) is 2. The molecule has 9 heteroatoms. The predicted octanol–water partition coefficient (Wildman–Crippen LogP) is 1.11. The minimum Gasteiger partial charge on any atom is -1.00 e. The zero-order valence-electron chi connectivity index (χ0n) is 16.1. The summed E-state index contributed by atoms with van der Waals surface area (Å²) in [4.78, 5) is 0. The summed E-state index contributed by atoms with van der Waals surface area (Å²) >= 11 is 0. The molecule has 0 saturated carbocycles. The van der Waals surface area contributed by atoms with Crippen molar-refractivity contribution in [1.82, 2.24) is 5.32 Å². The molecule has 0 unspecified atom stereocenters. The highest BCUT2D eigenvalue weighted by atomic mass is 35.5. The number of halogens is 7. The SMILES string of the molecule is FC(F)(F)c1cc(CNCC2(c3ccccc3)CC[NH2+]CC2)cc(C(F)(F)F)c1.[Cl-]. The highest BCUT2D eigenvalue weighted by molar-refractivity contribution is 5.34. The van der Waals surface area contributed by atoms with Crippen LogP contribution < -0.4 is 23.0 Å². The molecule has 0 bridgehead atoms. The first-order chi connectivity index (χ1) is 13.6. The molecule has 3 N–H and O–H groups in total. The number of rotatable bonds is 5. The van der Waals surface area contributed by atoms with E-state index >= 15 is 0 Å². The van der Waals surface area contributed by atoms with Crippen molar-refractivity contribution in [3.63, 3.8) is 0 Å². The highest BCUT2D eigenvalue weighted by Crippen LogP contribution is 2.36. The number of quaternary nitrogens is 1. The minimum absolute atomic E-state index is 0. The van der Waals surface area contributed by atoms with Gasteiger partial charge in [-0.3, -0.25) is 0 Å². The molecular weight excluding hydrogens is 430 g/mol. The van der Waals surface area contributed by atoms with Crippen molar-refractivity contribution in [2.75, 3.05) is 19.6 Å². The lowest BCUT2D eigenvalue weighted by Crippen LogP contribution is -3.00. The number of benzene rings is 2. The Balaban J connectivity index is 0.00000320. The Morgan fingerprint density at radius 2 is 1.37 bits per heavy atom. The Morgan fingerprint density at radius 1 is 0.833 bits per heavy atom. The van der Waals surface area contributed by atoms with E-state index in [1.165, 1.54) is 0 Å². The van der Waals surface area contributed by atoms with Gasteiger partial charge in [-0.25, -0.2) is 0 Å². The van der Waals surface area contributed by atoms with Gasteiger partial charge in [-0.1, -0.05) is 30.3 Å². The quantitative estimate of drug-likeness (QED) is 0.654. The lowest BCUT2D eigenvalue weighted by molar-refractivity contribution is -0.665. The second kappa shape index (κ2) is 9.58. The summed E-state index contributed by atoms with van der Waals surface area (Å²) in [5.41, 5.74) is -1.63. The van der Waals surface area contributed by atoms with Gasteiger partial charge in [0.1, 0.15) is 0 Å². The van der Waals surface area contributed by atoms with Crippen LogP contribution in [0.15, 0.2) is 48.5 Å². The summed E-state index contributed by atoms with van der Waals surface area (Å²) in [5.74, 6) is 0. The molecule has 0 radical (unpaired) electrons. The van der Waals surface area contributed by atoms with Crippen molar-refractivity contribution in [1.29, 1.82) is 0 Å². The van der Waals surface area contributed by atoms with Crippen LogP contribution in [0.25, 0.3) is 0 Å². The van der Waals surface area contributed by atoms with Gasteiger partial charge < -0.3 is 23.0 Å². The molecular formula is C21H23ClF6N2. The molecule has 0 amide bonds. The van der Waals surface area contributed by atoms with Gasteiger partial charge in [0.05, 0.1) is 24.2 Å². The van der Waals surface area contributed by atoms with Crippen molar-refractivity contribution in [2.24, 2.45) is 0 Å². The molecule has 2 aromatic carbocycles. The fourth-order valence-electron chi connectivity index (χ4n) is 3.95. The molecule has 2 nitrogen and oxygen atoms in total. The van der Waals surface area contributed by atoms with Crippen molar-refractivity contribution in [3.05, 3.63) is 70.8 Å². The molecule has 30 heavy (non-hydrogen) atoms. The van der Waals surface area contributed by atoms with E-state index in [0.717, 1.165) is 43.6 Å². The predicted molar refractivity (Wildman–Crippen MR) is 97.2 cm³/mol. The Bertz CT molecular complexity index is 782. The second-order valence-corrected chi connectivity index (χ2v) is 7.53. The lowest BCUT2D eigenvalue weighted by atomic mass is 9.73.